The molecule has 2 heterocycles. The van der Waals surface area contributed by atoms with E-state index in [4.69, 9.17) is 5.73 Å². The van der Waals surface area contributed by atoms with E-state index in [-0.39, 0.29) is 16.9 Å². The normalized spacial score (nSPS) is 11.8. The van der Waals surface area contributed by atoms with Crippen LogP contribution < -0.4 is 5.73 Å². The predicted octanol–water partition coefficient (Wildman–Crippen LogP) is 1.99. The molecule has 0 aromatic carbocycles. The van der Waals surface area contributed by atoms with E-state index in [1.54, 1.807) is 6.26 Å². The largest absolute Gasteiger partial charge is 0.420 e. The highest BCUT2D eigenvalue weighted by Gasteiger charge is 2.35. The molecule has 0 aliphatic rings. The number of rotatable bonds is 2. The average Bonchev–Trinajstić information content (AvgIpc) is 2.69. The van der Waals surface area contributed by atoms with E-state index in [9.17, 15) is 13.2 Å². The third-order valence-electron chi connectivity index (χ3n) is 2.09. The Hall–Kier alpha value is -1.77. The second kappa shape index (κ2) is 4.48. The van der Waals surface area contributed by atoms with Crippen LogP contribution in [0.3, 0.4) is 0 Å². The molecule has 18 heavy (non-hydrogen) atoms. The zero-order valence-corrected chi connectivity index (χ0v) is 9.96. The molecule has 0 unspecified atom stereocenters. The van der Waals surface area contributed by atoms with Gasteiger partial charge in [-0.05, 0) is 18.4 Å². The van der Waals surface area contributed by atoms with Gasteiger partial charge in [-0.2, -0.15) is 22.8 Å². The highest BCUT2D eigenvalue weighted by Crippen LogP contribution is 2.33. The van der Waals surface area contributed by atoms with Gasteiger partial charge in [0, 0.05) is 6.20 Å². The van der Waals surface area contributed by atoms with Gasteiger partial charge in [0.1, 0.15) is 5.56 Å². The summed E-state index contributed by atoms with van der Waals surface area (Å²) in [6, 6.07) is 2.12. The number of nitrogen functional groups attached to an aromatic ring is 1. The fourth-order valence-corrected chi connectivity index (χ4v) is 1.68. The molecule has 5 nitrogen and oxygen atoms in total. The molecule has 0 bridgehead atoms. The van der Waals surface area contributed by atoms with Gasteiger partial charge in [0.25, 0.3) is 0 Å². The summed E-state index contributed by atoms with van der Waals surface area (Å²) >= 11 is 1.18. The molecule has 0 fully saturated rings. The van der Waals surface area contributed by atoms with Gasteiger partial charge >= 0.3 is 6.18 Å². The fourth-order valence-electron chi connectivity index (χ4n) is 1.33. The van der Waals surface area contributed by atoms with Crippen molar-refractivity contribution in [3.05, 3.63) is 23.9 Å². The van der Waals surface area contributed by atoms with Crippen LogP contribution in [0.2, 0.25) is 0 Å². The Kier molecular flexibility index (Phi) is 3.16. The van der Waals surface area contributed by atoms with Crippen LogP contribution in [0.5, 0.6) is 0 Å². The summed E-state index contributed by atoms with van der Waals surface area (Å²) in [7, 11) is 0. The monoisotopic (exact) mass is 275 g/mol. The van der Waals surface area contributed by atoms with Gasteiger partial charge in [0.05, 0.1) is 0 Å². The molecule has 0 spiro atoms. The lowest BCUT2D eigenvalue weighted by Crippen LogP contribution is -2.14. The van der Waals surface area contributed by atoms with E-state index in [0.717, 1.165) is 10.7 Å². The zero-order chi connectivity index (χ0) is 13.3. The van der Waals surface area contributed by atoms with Crippen LogP contribution in [0.15, 0.2) is 23.5 Å². The van der Waals surface area contributed by atoms with E-state index in [1.165, 1.54) is 24.0 Å². The Morgan fingerprint density at radius 1 is 1.39 bits per heavy atom. The molecule has 2 rings (SSSR count). The van der Waals surface area contributed by atoms with Gasteiger partial charge < -0.3 is 5.73 Å². The average molecular weight is 275 g/mol. The predicted molar refractivity (Wildman–Crippen MR) is 60.3 cm³/mol. The van der Waals surface area contributed by atoms with Crippen LogP contribution in [0.4, 0.5) is 19.1 Å². The number of nitrogens with zero attached hydrogens (tertiary/aromatic N) is 4. The minimum atomic E-state index is -4.53. The summed E-state index contributed by atoms with van der Waals surface area (Å²) in [4.78, 5) is 7.49. The molecule has 0 saturated carbocycles. The van der Waals surface area contributed by atoms with Crippen molar-refractivity contribution >= 4 is 17.7 Å². The Morgan fingerprint density at radius 3 is 2.67 bits per heavy atom. The third kappa shape index (κ3) is 2.26. The van der Waals surface area contributed by atoms with Crippen molar-refractivity contribution in [3.63, 3.8) is 0 Å². The smallest absolute Gasteiger partial charge is 0.368 e. The molecular formula is C9H8F3N5S. The molecule has 0 amide bonds. The topological polar surface area (TPSA) is 69.6 Å². The lowest BCUT2D eigenvalue weighted by Gasteiger charge is -2.11. The van der Waals surface area contributed by atoms with Crippen molar-refractivity contribution in [2.75, 3.05) is 12.0 Å². The van der Waals surface area contributed by atoms with Crippen molar-refractivity contribution in [2.24, 2.45) is 0 Å². The van der Waals surface area contributed by atoms with Gasteiger partial charge in [-0.15, -0.1) is 5.10 Å². The molecule has 96 valence electrons. The Bertz CT molecular complexity index is 566. The fraction of sp³-hybridized carbons (Fsp3) is 0.222. The second-order valence-electron chi connectivity index (χ2n) is 3.24. The van der Waals surface area contributed by atoms with Crippen molar-refractivity contribution in [1.82, 2.24) is 19.7 Å². The van der Waals surface area contributed by atoms with E-state index in [1.807, 2.05) is 0 Å². The maximum Gasteiger partial charge on any atom is 0.420 e. The third-order valence-corrected chi connectivity index (χ3v) is 2.63. The summed E-state index contributed by atoms with van der Waals surface area (Å²) in [5, 5.41) is 4.14. The summed E-state index contributed by atoms with van der Waals surface area (Å²) in [5.74, 6) is -0.515. The molecule has 0 atom stereocenters. The molecular weight excluding hydrogens is 267 g/mol. The lowest BCUT2D eigenvalue weighted by molar-refractivity contribution is -0.137. The van der Waals surface area contributed by atoms with Crippen LogP contribution in [-0.4, -0.2) is 26.0 Å². The van der Waals surface area contributed by atoms with Crippen molar-refractivity contribution in [3.8, 4) is 5.82 Å². The van der Waals surface area contributed by atoms with E-state index < -0.39 is 11.7 Å². The molecule has 2 N–H and O–H groups in total. The minimum absolute atomic E-state index is 0.136. The number of nitrogens with two attached hydrogens (primary N) is 1. The number of halogens is 3. The number of aromatic nitrogens is 4. The zero-order valence-electron chi connectivity index (χ0n) is 9.14. The van der Waals surface area contributed by atoms with Gasteiger partial charge in [-0.3, -0.25) is 0 Å². The van der Waals surface area contributed by atoms with Gasteiger partial charge in [-0.25, -0.2) is 4.98 Å². The second-order valence-corrected chi connectivity index (χ2v) is 4.01. The van der Waals surface area contributed by atoms with Crippen molar-refractivity contribution in [1.29, 1.82) is 0 Å². The first-order valence-corrected chi connectivity index (χ1v) is 5.95. The summed E-state index contributed by atoms with van der Waals surface area (Å²) in [5.41, 5.74) is 4.62. The number of alkyl halides is 3. The quantitative estimate of drug-likeness (QED) is 0.849. The van der Waals surface area contributed by atoms with Crippen LogP contribution in [0.1, 0.15) is 5.56 Å². The number of hydrogen-bond acceptors (Lipinski definition) is 5. The molecule has 0 radical (unpaired) electrons. The van der Waals surface area contributed by atoms with Crippen LogP contribution >= 0.6 is 11.8 Å². The number of hydrogen-bond donors (Lipinski definition) is 1. The number of thioether (sulfide) groups is 1. The molecule has 2 aromatic heterocycles. The van der Waals surface area contributed by atoms with Gasteiger partial charge in [-0.1, -0.05) is 11.8 Å². The van der Waals surface area contributed by atoms with Crippen LogP contribution in [-0.2, 0) is 6.18 Å². The molecule has 2 aromatic rings. The minimum Gasteiger partial charge on any atom is -0.368 e. The lowest BCUT2D eigenvalue weighted by atomic mass is 10.2. The molecule has 9 heteroatoms. The first-order valence-electron chi connectivity index (χ1n) is 4.72. The molecule has 0 aliphatic heterocycles. The summed E-state index contributed by atoms with van der Waals surface area (Å²) in [6.07, 6.45) is -1.59. The molecule has 0 aliphatic carbocycles. The van der Waals surface area contributed by atoms with E-state index >= 15 is 0 Å². The maximum absolute atomic E-state index is 12.8. The Balaban J connectivity index is 2.60. The summed E-state index contributed by atoms with van der Waals surface area (Å²) < 4.78 is 39.3. The first-order chi connectivity index (χ1) is 8.43. The highest BCUT2D eigenvalue weighted by atomic mass is 32.2. The van der Waals surface area contributed by atoms with E-state index in [2.05, 4.69) is 15.1 Å². The number of pyridine rings is 1. The SMILES string of the molecule is CSc1nc(N)n(-c2ncccc2C(F)(F)F)n1. The Labute approximate surface area is 104 Å². The van der Waals surface area contributed by atoms with Crippen molar-refractivity contribution in [2.45, 2.75) is 11.3 Å². The van der Waals surface area contributed by atoms with Crippen molar-refractivity contribution < 1.29 is 13.2 Å². The first kappa shape index (κ1) is 12.7. The number of anilines is 1. The van der Waals surface area contributed by atoms with Crippen LogP contribution in [0.25, 0.3) is 5.82 Å². The van der Waals surface area contributed by atoms with Gasteiger partial charge in [0.15, 0.2) is 5.82 Å². The maximum atomic E-state index is 12.8. The highest BCUT2D eigenvalue weighted by molar-refractivity contribution is 7.98. The Morgan fingerprint density at radius 2 is 2.11 bits per heavy atom. The summed E-state index contributed by atoms with van der Waals surface area (Å²) in [6.45, 7) is 0. The van der Waals surface area contributed by atoms with Crippen LogP contribution in [0, 0.1) is 0 Å². The molecule has 0 saturated heterocycles. The standard InChI is InChI=1S/C9H8F3N5S/c1-18-8-15-7(13)17(16-8)6-5(9(10,11)12)3-2-4-14-6/h2-4H,1H3,(H2,13,15,16). The van der Waals surface area contributed by atoms with E-state index in [0.29, 0.717) is 0 Å². The van der Waals surface area contributed by atoms with Gasteiger partial charge in [0.2, 0.25) is 11.1 Å².